The van der Waals surface area contributed by atoms with E-state index in [9.17, 15) is 0 Å². The second-order valence-corrected chi connectivity index (χ2v) is 6.77. The maximum absolute atomic E-state index is 5.78. The molecule has 0 aliphatic carbocycles. The molecule has 0 aliphatic heterocycles. The second-order valence-electron chi connectivity index (χ2n) is 6.77. The average molecular weight is 326 g/mol. The normalized spacial score (nSPS) is 11.7. The summed E-state index contributed by atoms with van der Waals surface area (Å²) in [5.74, 6) is 1.83. The van der Waals surface area contributed by atoms with E-state index in [4.69, 9.17) is 9.47 Å². The Morgan fingerprint density at radius 1 is 0.750 bits per heavy atom. The number of quaternary nitrogens is 1. The molecule has 0 saturated carbocycles. The van der Waals surface area contributed by atoms with Crippen LogP contribution in [0.1, 0.15) is 18.1 Å². The third-order valence-corrected chi connectivity index (χ3v) is 3.57. The Kier molecular flexibility index (Phi) is 6.44. The van der Waals surface area contributed by atoms with Gasteiger partial charge in [0.15, 0.2) is 0 Å². The van der Waals surface area contributed by atoms with Gasteiger partial charge in [0.2, 0.25) is 0 Å². The topological polar surface area (TPSA) is 18.5 Å². The first kappa shape index (κ1) is 18.1. The molecule has 0 amide bonds. The Morgan fingerprint density at radius 3 is 1.62 bits per heavy atom. The summed E-state index contributed by atoms with van der Waals surface area (Å²) in [6, 6.07) is 16.3. The molecule has 0 heterocycles. The summed E-state index contributed by atoms with van der Waals surface area (Å²) in [7, 11) is 6.49. The highest BCUT2D eigenvalue weighted by Gasteiger charge is 2.06. The average Bonchev–Trinajstić information content (AvgIpc) is 2.55. The van der Waals surface area contributed by atoms with E-state index in [0.717, 1.165) is 40.3 Å². The second kappa shape index (κ2) is 8.55. The van der Waals surface area contributed by atoms with E-state index >= 15 is 0 Å². The van der Waals surface area contributed by atoms with E-state index in [1.807, 2.05) is 31.2 Å². The summed E-state index contributed by atoms with van der Waals surface area (Å²) in [5.41, 5.74) is 2.31. The summed E-state index contributed by atoms with van der Waals surface area (Å²) in [4.78, 5) is 0. The van der Waals surface area contributed by atoms with Crippen molar-refractivity contribution in [1.29, 1.82) is 0 Å². The molecule has 24 heavy (non-hydrogen) atoms. The molecular weight excluding hydrogens is 298 g/mol. The zero-order valence-electron chi connectivity index (χ0n) is 15.2. The summed E-state index contributed by atoms with van der Waals surface area (Å²) in [6.45, 7) is 4.39. The Balaban J connectivity index is 1.88. The molecule has 0 bridgehead atoms. The van der Waals surface area contributed by atoms with Crippen molar-refractivity contribution in [2.24, 2.45) is 0 Å². The summed E-state index contributed by atoms with van der Waals surface area (Å²) in [6.07, 6.45) is 4.20. The van der Waals surface area contributed by atoms with E-state index in [-0.39, 0.29) is 0 Å². The number of hydrogen-bond donors (Lipinski definition) is 0. The molecule has 0 saturated heterocycles. The highest BCUT2D eigenvalue weighted by molar-refractivity contribution is 5.70. The van der Waals surface area contributed by atoms with Gasteiger partial charge in [0.05, 0.1) is 27.7 Å². The van der Waals surface area contributed by atoms with Crippen LogP contribution in [-0.2, 0) is 0 Å². The van der Waals surface area contributed by atoms with Crippen LogP contribution >= 0.6 is 0 Å². The highest BCUT2D eigenvalue weighted by atomic mass is 16.5. The lowest BCUT2D eigenvalue weighted by molar-refractivity contribution is -0.870. The van der Waals surface area contributed by atoms with Gasteiger partial charge in [-0.3, -0.25) is 0 Å². The molecule has 0 radical (unpaired) electrons. The van der Waals surface area contributed by atoms with E-state index < -0.39 is 0 Å². The predicted octanol–water partition coefficient (Wildman–Crippen LogP) is 4.34. The van der Waals surface area contributed by atoms with Crippen LogP contribution in [0.15, 0.2) is 48.5 Å². The molecule has 2 aromatic rings. The molecular formula is C21H28NO2+. The number of rotatable bonds is 8. The van der Waals surface area contributed by atoms with Gasteiger partial charge in [-0.2, -0.15) is 0 Å². The van der Waals surface area contributed by atoms with Crippen LogP contribution < -0.4 is 9.47 Å². The fourth-order valence-electron chi connectivity index (χ4n) is 2.15. The van der Waals surface area contributed by atoms with Crippen molar-refractivity contribution in [3.05, 3.63) is 59.7 Å². The quantitative estimate of drug-likeness (QED) is 0.531. The molecule has 3 nitrogen and oxygen atoms in total. The summed E-state index contributed by atoms with van der Waals surface area (Å²) >= 11 is 0. The number of benzene rings is 2. The Bertz CT molecular complexity index is 637. The maximum Gasteiger partial charge on any atom is 0.137 e. The fraction of sp³-hybridized carbons (Fsp3) is 0.333. The van der Waals surface area contributed by atoms with E-state index in [1.165, 1.54) is 0 Å². The van der Waals surface area contributed by atoms with E-state index in [2.05, 4.69) is 57.6 Å². The van der Waals surface area contributed by atoms with Crippen molar-refractivity contribution in [2.45, 2.75) is 6.92 Å². The number of hydrogen-bond acceptors (Lipinski definition) is 2. The molecule has 0 spiro atoms. The Hall–Kier alpha value is -2.26. The van der Waals surface area contributed by atoms with Crippen LogP contribution in [-0.4, -0.2) is 45.4 Å². The van der Waals surface area contributed by atoms with Crippen LogP contribution in [0, 0.1) is 0 Å². The first-order chi connectivity index (χ1) is 11.5. The predicted molar refractivity (Wildman–Crippen MR) is 101 cm³/mol. The monoisotopic (exact) mass is 326 g/mol. The Morgan fingerprint density at radius 2 is 1.21 bits per heavy atom. The van der Waals surface area contributed by atoms with Crippen LogP contribution in [0.25, 0.3) is 12.2 Å². The SMILES string of the molecule is CCOc1ccc(/C=C/c2ccc(OCC[N+](C)(C)C)cc2)cc1. The third kappa shape index (κ3) is 6.47. The fourth-order valence-corrected chi connectivity index (χ4v) is 2.15. The molecule has 0 aromatic heterocycles. The minimum Gasteiger partial charge on any atom is -0.494 e. The Labute approximate surface area is 145 Å². The minimum absolute atomic E-state index is 0.693. The van der Waals surface area contributed by atoms with Crippen molar-refractivity contribution in [3.63, 3.8) is 0 Å². The van der Waals surface area contributed by atoms with Crippen LogP contribution in [0.5, 0.6) is 11.5 Å². The summed E-state index contributed by atoms with van der Waals surface area (Å²) < 4.78 is 12.1. The van der Waals surface area contributed by atoms with Gasteiger partial charge in [-0.05, 0) is 42.3 Å². The molecule has 0 aliphatic rings. The third-order valence-electron chi connectivity index (χ3n) is 3.57. The molecule has 3 heteroatoms. The van der Waals surface area contributed by atoms with Crippen molar-refractivity contribution in [2.75, 3.05) is 40.9 Å². The minimum atomic E-state index is 0.693. The highest BCUT2D eigenvalue weighted by Crippen LogP contribution is 2.16. The van der Waals surface area contributed by atoms with Gasteiger partial charge in [-0.15, -0.1) is 0 Å². The molecule has 2 rings (SSSR count). The van der Waals surface area contributed by atoms with Gasteiger partial charge in [-0.25, -0.2) is 0 Å². The van der Waals surface area contributed by atoms with Crippen molar-refractivity contribution in [1.82, 2.24) is 0 Å². The summed E-state index contributed by atoms with van der Waals surface area (Å²) in [5, 5.41) is 0. The molecule has 128 valence electrons. The van der Waals surface area contributed by atoms with Gasteiger partial charge >= 0.3 is 0 Å². The van der Waals surface area contributed by atoms with Crippen LogP contribution in [0.3, 0.4) is 0 Å². The largest absolute Gasteiger partial charge is 0.494 e. The van der Waals surface area contributed by atoms with Gasteiger partial charge in [-0.1, -0.05) is 36.4 Å². The van der Waals surface area contributed by atoms with Gasteiger partial charge < -0.3 is 14.0 Å². The molecule has 0 fully saturated rings. The molecule has 0 unspecified atom stereocenters. The van der Waals surface area contributed by atoms with Gasteiger partial charge in [0.25, 0.3) is 0 Å². The number of ether oxygens (including phenoxy) is 2. The lowest BCUT2D eigenvalue weighted by Gasteiger charge is -2.23. The molecule has 0 atom stereocenters. The van der Waals surface area contributed by atoms with E-state index in [1.54, 1.807) is 0 Å². The number of nitrogens with zero attached hydrogens (tertiary/aromatic N) is 1. The standard InChI is InChI=1S/C21H28NO2/c1-5-23-20-12-8-18(9-13-20)6-7-19-10-14-21(15-11-19)24-17-16-22(2,3)4/h6-15H,5,16-17H2,1-4H3/q+1/b7-6+. The molecule has 0 N–H and O–H groups in total. The lowest BCUT2D eigenvalue weighted by atomic mass is 10.1. The first-order valence-electron chi connectivity index (χ1n) is 8.40. The van der Waals surface area contributed by atoms with Gasteiger partial charge in [0.1, 0.15) is 24.7 Å². The van der Waals surface area contributed by atoms with Crippen molar-refractivity contribution < 1.29 is 14.0 Å². The van der Waals surface area contributed by atoms with Gasteiger partial charge in [0, 0.05) is 0 Å². The van der Waals surface area contributed by atoms with Crippen LogP contribution in [0.2, 0.25) is 0 Å². The first-order valence-corrected chi connectivity index (χ1v) is 8.40. The van der Waals surface area contributed by atoms with Crippen LogP contribution in [0.4, 0.5) is 0 Å². The zero-order chi connectivity index (χ0) is 17.4. The van der Waals surface area contributed by atoms with E-state index in [0.29, 0.717) is 6.61 Å². The van der Waals surface area contributed by atoms with Crippen molar-refractivity contribution in [3.8, 4) is 11.5 Å². The smallest absolute Gasteiger partial charge is 0.137 e. The lowest BCUT2D eigenvalue weighted by Crippen LogP contribution is -2.38. The maximum atomic E-state index is 5.78. The molecule has 2 aromatic carbocycles. The zero-order valence-corrected chi connectivity index (χ0v) is 15.2. The number of likely N-dealkylation sites (N-methyl/N-ethyl adjacent to an activating group) is 1. The van der Waals surface area contributed by atoms with Crippen molar-refractivity contribution >= 4 is 12.2 Å².